The molecule has 4 heteroatoms. The molecule has 0 N–H and O–H groups in total. The minimum absolute atomic E-state index is 0.739. The number of hydrogen-bond donors (Lipinski definition) is 1. The second kappa shape index (κ2) is 5.29. The van der Waals surface area contributed by atoms with E-state index in [1.54, 1.807) is 26.0 Å². The van der Waals surface area contributed by atoms with Crippen LogP contribution in [0.2, 0.25) is 0 Å². The molecule has 0 atom stereocenters. The molecule has 0 radical (unpaired) electrons. The molecule has 2 nitrogen and oxygen atoms in total. The number of benzene rings is 1. The van der Waals surface area contributed by atoms with Crippen LogP contribution >= 0.6 is 24.4 Å². The van der Waals surface area contributed by atoms with Gasteiger partial charge in [0, 0.05) is 11.2 Å². The van der Waals surface area contributed by atoms with Gasteiger partial charge in [0.1, 0.15) is 11.5 Å². The van der Waals surface area contributed by atoms with Crippen molar-refractivity contribution in [2.45, 2.75) is 4.90 Å². The lowest BCUT2D eigenvalue weighted by atomic mass is 10.3. The fraction of sp³-hybridized carbons (Fsp3) is 0.333. The van der Waals surface area contributed by atoms with Crippen molar-refractivity contribution in [3.8, 4) is 11.5 Å². The molecular weight excluding hydrogens is 204 g/mol. The summed E-state index contributed by atoms with van der Waals surface area (Å²) in [6.07, 6.45) is 0. The number of rotatable bonds is 4. The predicted octanol–water partition coefficient (Wildman–Crippen LogP) is 2.68. The first-order valence-corrected chi connectivity index (χ1v) is 5.39. The Morgan fingerprint density at radius 2 is 2.08 bits per heavy atom. The van der Waals surface area contributed by atoms with Crippen molar-refractivity contribution >= 4 is 24.4 Å². The summed E-state index contributed by atoms with van der Waals surface area (Å²) in [5.41, 5.74) is 0. The molecule has 1 rings (SSSR count). The highest BCUT2D eigenvalue weighted by atomic mass is 32.2. The minimum Gasteiger partial charge on any atom is -0.497 e. The average molecular weight is 216 g/mol. The molecule has 0 saturated carbocycles. The Kier molecular flexibility index (Phi) is 4.32. The molecule has 0 aliphatic heterocycles. The van der Waals surface area contributed by atoms with E-state index in [9.17, 15) is 0 Å². The molecule has 0 bridgehead atoms. The lowest BCUT2D eigenvalue weighted by molar-refractivity contribution is 0.387. The third-order valence-corrected chi connectivity index (χ3v) is 2.76. The van der Waals surface area contributed by atoms with Crippen LogP contribution in [-0.2, 0) is 0 Å². The van der Waals surface area contributed by atoms with Crippen molar-refractivity contribution in [1.29, 1.82) is 0 Å². The van der Waals surface area contributed by atoms with E-state index in [1.807, 2.05) is 18.2 Å². The van der Waals surface area contributed by atoms with Crippen LogP contribution in [0.5, 0.6) is 11.5 Å². The van der Waals surface area contributed by atoms with Gasteiger partial charge >= 0.3 is 0 Å². The highest BCUT2D eigenvalue weighted by Crippen LogP contribution is 2.32. The standard InChI is InChI=1S/C9H12O2S2/c1-10-7-3-4-9(13-6-12)8(5-7)11-2/h3-5,12H,6H2,1-2H3. The maximum Gasteiger partial charge on any atom is 0.136 e. The summed E-state index contributed by atoms with van der Waals surface area (Å²) in [7, 11) is 3.29. The maximum absolute atomic E-state index is 5.21. The molecule has 1 aromatic carbocycles. The lowest BCUT2D eigenvalue weighted by Gasteiger charge is -2.08. The van der Waals surface area contributed by atoms with Crippen molar-refractivity contribution in [2.75, 3.05) is 19.3 Å². The highest BCUT2D eigenvalue weighted by Gasteiger charge is 2.03. The number of ether oxygens (including phenoxy) is 2. The fourth-order valence-electron chi connectivity index (χ4n) is 0.964. The van der Waals surface area contributed by atoms with Crippen molar-refractivity contribution in [2.24, 2.45) is 0 Å². The second-order valence-corrected chi connectivity index (χ2v) is 4.05. The number of hydrogen-bond acceptors (Lipinski definition) is 4. The summed E-state index contributed by atoms with van der Waals surface area (Å²) < 4.78 is 10.3. The molecule has 0 spiro atoms. The minimum atomic E-state index is 0.739. The van der Waals surface area contributed by atoms with Crippen molar-refractivity contribution < 1.29 is 9.47 Å². The Balaban J connectivity index is 2.93. The third-order valence-electron chi connectivity index (χ3n) is 1.59. The van der Waals surface area contributed by atoms with Crippen LogP contribution in [0.3, 0.4) is 0 Å². The summed E-state index contributed by atoms with van der Waals surface area (Å²) in [5, 5.41) is 0.739. The normalized spacial score (nSPS) is 9.77. The SMILES string of the molecule is COc1ccc(SCS)c(OC)c1. The van der Waals surface area contributed by atoms with Gasteiger partial charge in [-0.15, -0.1) is 11.8 Å². The van der Waals surface area contributed by atoms with Gasteiger partial charge in [0.05, 0.1) is 19.1 Å². The Morgan fingerprint density at radius 1 is 1.31 bits per heavy atom. The Bertz CT molecular complexity index is 276. The number of thiol groups is 1. The Hall–Kier alpha value is -0.480. The summed E-state index contributed by atoms with van der Waals surface area (Å²) in [5.74, 6) is 1.64. The van der Waals surface area contributed by atoms with Gasteiger partial charge < -0.3 is 9.47 Å². The van der Waals surface area contributed by atoms with Crippen LogP contribution in [0.1, 0.15) is 0 Å². The lowest BCUT2D eigenvalue weighted by Crippen LogP contribution is -1.88. The third kappa shape index (κ3) is 2.74. The summed E-state index contributed by atoms with van der Waals surface area (Å²) >= 11 is 5.77. The number of thioether (sulfide) groups is 1. The van der Waals surface area contributed by atoms with Crippen LogP contribution in [0, 0.1) is 0 Å². The zero-order chi connectivity index (χ0) is 9.68. The molecule has 1 aromatic rings. The van der Waals surface area contributed by atoms with E-state index in [2.05, 4.69) is 12.6 Å². The first-order chi connectivity index (χ1) is 6.31. The summed E-state index contributed by atoms with van der Waals surface area (Å²) in [4.78, 5) is 1.08. The number of methoxy groups -OCH3 is 2. The zero-order valence-corrected chi connectivity index (χ0v) is 9.32. The molecule has 0 unspecified atom stereocenters. The molecular formula is C9H12O2S2. The van der Waals surface area contributed by atoms with Gasteiger partial charge in [0.25, 0.3) is 0 Å². The van der Waals surface area contributed by atoms with Gasteiger partial charge in [0.15, 0.2) is 0 Å². The van der Waals surface area contributed by atoms with E-state index in [1.165, 1.54) is 0 Å². The van der Waals surface area contributed by atoms with Crippen molar-refractivity contribution in [1.82, 2.24) is 0 Å². The van der Waals surface area contributed by atoms with E-state index < -0.39 is 0 Å². The average Bonchev–Trinajstić information content (AvgIpc) is 2.19. The van der Waals surface area contributed by atoms with Gasteiger partial charge in [-0.3, -0.25) is 0 Å². The highest BCUT2D eigenvalue weighted by molar-refractivity contribution is 8.09. The predicted molar refractivity (Wildman–Crippen MR) is 59.3 cm³/mol. The van der Waals surface area contributed by atoms with E-state index >= 15 is 0 Å². The second-order valence-electron chi connectivity index (χ2n) is 2.29. The topological polar surface area (TPSA) is 18.5 Å². The van der Waals surface area contributed by atoms with Crippen LogP contribution in [0.25, 0.3) is 0 Å². The Labute approximate surface area is 88.0 Å². The molecule has 13 heavy (non-hydrogen) atoms. The van der Waals surface area contributed by atoms with Gasteiger partial charge in [-0.05, 0) is 12.1 Å². The monoisotopic (exact) mass is 216 g/mol. The van der Waals surface area contributed by atoms with Gasteiger partial charge in [-0.2, -0.15) is 12.6 Å². The quantitative estimate of drug-likeness (QED) is 0.474. The molecule has 0 heterocycles. The molecule has 0 aliphatic rings. The van der Waals surface area contributed by atoms with E-state index in [4.69, 9.17) is 9.47 Å². The first-order valence-electron chi connectivity index (χ1n) is 3.77. The molecule has 72 valence electrons. The molecule has 0 fully saturated rings. The van der Waals surface area contributed by atoms with Crippen molar-refractivity contribution in [3.05, 3.63) is 18.2 Å². The van der Waals surface area contributed by atoms with E-state index in [0.29, 0.717) is 0 Å². The van der Waals surface area contributed by atoms with Gasteiger partial charge in [-0.1, -0.05) is 0 Å². The van der Waals surface area contributed by atoms with Gasteiger partial charge in [-0.25, -0.2) is 0 Å². The van der Waals surface area contributed by atoms with Crippen molar-refractivity contribution in [3.63, 3.8) is 0 Å². The summed E-state index contributed by atoms with van der Waals surface area (Å²) in [6.45, 7) is 0. The fourth-order valence-corrected chi connectivity index (χ4v) is 1.97. The van der Waals surface area contributed by atoms with E-state index in [-0.39, 0.29) is 0 Å². The zero-order valence-electron chi connectivity index (χ0n) is 7.61. The van der Waals surface area contributed by atoms with Crippen LogP contribution in [-0.4, -0.2) is 19.3 Å². The molecule has 0 aromatic heterocycles. The smallest absolute Gasteiger partial charge is 0.136 e. The summed E-state index contributed by atoms with van der Waals surface area (Å²) in [6, 6.07) is 5.75. The first kappa shape index (κ1) is 10.6. The Morgan fingerprint density at radius 3 is 2.62 bits per heavy atom. The van der Waals surface area contributed by atoms with Crippen LogP contribution in [0.4, 0.5) is 0 Å². The molecule has 0 aliphatic carbocycles. The largest absolute Gasteiger partial charge is 0.497 e. The maximum atomic E-state index is 5.21. The van der Waals surface area contributed by atoms with Gasteiger partial charge in [0.2, 0.25) is 0 Å². The molecule has 0 saturated heterocycles. The molecule has 0 amide bonds. The van der Waals surface area contributed by atoms with Crippen LogP contribution < -0.4 is 9.47 Å². The van der Waals surface area contributed by atoms with Crippen LogP contribution in [0.15, 0.2) is 23.1 Å². The van der Waals surface area contributed by atoms with E-state index in [0.717, 1.165) is 21.5 Å².